The van der Waals surface area contributed by atoms with Crippen LogP contribution in [0.4, 0.5) is 5.69 Å². The summed E-state index contributed by atoms with van der Waals surface area (Å²) in [6.07, 6.45) is 1.09. The standard InChI is InChI=1S/C20H23N3O2/c1-13(2)7-8-23-17-12-19-18(24-9-10-25-19)11-16(17)22-20(23)14-3-5-15(21)6-4-14/h3-6,11-13H,7-10,21H2,1-2H3. The number of nitrogens with zero attached hydrogens (tertiary/aromatic N) is 2. The van der Waals surface area contributed by atoms with Gasteiger partial charge >= 0.3 is 0 Å². The molecule has 0 saturated heterocycles. The van der Waals surface area contributed by atoms with E-state index in [0.717, 1.165) is 52.6 Å². The van der Waals surface area contributed by atoms with Gasteiger partial charge in [-0.05, 0) is 36.6 Å². The van der Waals surface area contributed by atoms with Gasteiger partial charge in [0.15, 0.2) is 11.5 Å². The molecule has 0 atom stereocenters. The number of fused-ring (bicyclic) bond motifs is 2. The maximum Gasteiger partial charge on any atom is 0.163 e. The second kappa shape index (κ2) is 6.31. The molecule has 0 unspecified atom stereocenters. The zero-order valence-corrected chi connectivity index (χ0v) is 14.7. The maximum atomic E-state index is 5.84. The van der Waals surface area contributed by atoms with Crippen molar-refractivity contribution in [2.24, 2.45) is 5.92 Å². The average Bonchev–Trinajstić information content (AvgIpc) is 2.96. The van der Waals surface area contributed by atoms with Crippen molar-refractivity contribution in [3.63, 3.8) is 0 Å². The minimum atomic E-state index is 0.581. The molecule has 5 nitrogen and oxygen atoms in total. The topological polar surface area (TPSA) is 62.3 Å². The molecule has 1 aliphatic rings. The monoisotopic (exact) mass is 337 g/mol. The summed E-state index contributed by atoms with van der Waals surface area (Å²) in [5.41, 5.74) is 9.67. The molecular formula is C20H23N3O2. The van der Waals surface area contributed by atoms with E-state index in [1.54, 1.807) is 0 Å². The smallest absolute Gasteiger partial charge is 0.163 e. The molecule has 0 amide bonds. The molecule has 0 bridgehead atoms. The Hall–Kier alpha value is -2.69. The van der Waals surface area contributed by atoms with Gasteiger partial charge in [-0.25, -0.2) is 4.98 Å². The number of rotatable bonds is 4. The van der Waals surface area contributed by atoms with Gasteiger partial charge in [-0.3, -0.25) is 0 Å². The molecule has 0 radical (unpaired) electrons. The Balaban J connectivity index is 1.87. The summed E-state index contributed by atoms with van der Waals surface area (Å²) >= 11 is 0. The van der Waals surface area contributed by atoms with Crippen LogP contribution in [0.2, 0.25) is 0 Å². The molecule has 0 spiro atoms. The van der Waals surface area contributed by atoms with Crippen molar-refractivity contribution >= 4 is 16.7 Å². The van der Waals surface area contributed by atoms with Gasteiger partial charge in [-0.2, -0.15) is 0 Å². The molecule has 4 rings (SSSR count). The number of ether oxygens (including phenoxy) is 2. The molecule has 1 aliphatic heterocycles. The van der Waals surface area contributed by atoms with Crippen LogP contribution in [0.3, 0.4) is 0 Å². The van der Waals surface area contributed by atoms with Crippen LogP contribution in [0, 0.1) is 5.92 Å². The van der Waals surface area contributed by atoms with Gasteiger partial charge in [0, 0.05) is 29.9 Å². The first kappa shape index (κ1) is 15.8. The number of hydrogen-bond donors (Lipinski definition) is 1. The van der Waals surface area contributed by atoms with Gasteiger partial charge in [0.1, 0.15) is 19.0 Å². The lowest BCUT2D eigenvalue weighted by molar-refractivity contribution is 0.172. The molecule has 2 aromatic carbocycles. The lowest BCUT2D eigenvalue weighted by Crippen LogP contribution is -2.15. The fraction of sp³-hybridized carbons (Fsp3) is 0.350. The molecule has 5 heteroatoms. The maximum absolute atomic E-state index is 5.84. The molecule has 130 valence electrons. The Morgan fingerprint density at radius 3 is 2.44 bits per heavy atom. The van der Waals surface area contributed by atoms with Crippen LogP contribution in [0.5, 0.6) is 11.5 Å². The molecule has 0 saturated carbocycles. The second-order valence-corrected chi connectivity index (χ2v) is 6.88. The SMILES string of the molecule is CC(C)CCn1c(-c2ccc(N)cc2)nc2cc3c(cc21)OCCO3. The summed E-state index contributed by atoms with van der Waals surface area (Å²) < 4.78 is 13.7. The summed E-state index contributed by atoms with van der Waals surface area (Å²) in [7, 11) is 0. The number of nitrogens with two attached hydrogens (primary N) is 1. The van der Waals surface area contributed by atoms with Crippen molar-refractivity contribution in [3.05, 3.63) is 36.4 Å². The van der Waals surface area contributed by atoms with Crippen molar-refractivity contribution in [2.75, 3.05) is 18.9 Å². The number of anilines is 1. The molecule has 25 heavy (non-hydrogen) atoms. The van der Waals surface area contributed by atoms with Gasteiger partial charge < -0.3 is 19.8 Å². The number of imidazole rings is 1. The van der Waals surface area contributed by atoms with Gasteiger partial charge in [0.05, 0.1) is 11.0 Å². The molecule has 3 aromatic rings. The van der Waals surface area contributed by atoms with Gasteiger partial charge in [0.25, 0.3) is 0 Å². The van der Waals surface area contributed by atoms with E-state index in [0.29, 0.717) is 19.1 Å². The highest BCUT2D eigenvalue weighted by Crippen LogP contribution is 2.36. The molecular weight excluding hydrogens is 314 g/mol. The van der Waals surface area contributed by atoms with Crippen LogP contribution in [-0.4, -0.2) is 22.8 Å². The first-order chi connectivity index (χ1) is 12.1. The van der Waals surface area contributed by atoms with Crippen LogP contribution in [0.1, 0.15) is 20.3 Å². The minimum absolute atomic E-state index is 0.581. The summed E-state index contributed by atoms with van der Waals surface area (Å²) in [6.45, 7) is 6.55. The second-order valence-electron chi connectivity index (χ2n) is 6.88. The highest BCUT2D eigenvalue weighted by molar-refractivity contribution is 5.84. The van der Waals surface area contributed by atoms with Crippen LogP contribution in [0.15, 0.2) is 36.4 Å². The van der Waals surface area contributed by atoms with Crippen molar-refractivity contribution < 1.29 is 9.47 Å². The van der Waals surface area contributed by atoms with E-state index in [9.17, 15) is 0 Å². The van der Waals surface area contributed by atoms with Crippen LogP contribution >= 0.6 is 0 Å². The summed E-state index contributed by atoms with van der Waals surface area (Å²) in [5.74, 6) is 3.15. The molecule has 2 N–H and O–H groups in total. The molecule has 0 fully saturated rings. The van der Waals surface area contributed by atoms with Gasteiger partial charge in [-0.15, -0.1) is 0 Å². The van der Waals surface area contributed by atoms with Crippen LogP contribution < -0.4 is 15.2 Å². The lowest BCUT2D eigenvalue weighted by Gasteiger charge is -2.18. The Morgan fingerprint density at radius 2 is 1.76 bits per heavy atom. The Labute approximate surface area is 147 Å². The van der Waals surface area contributed by atoms with Gasteiger partial charge in [0.2, 0.25) is 0 Å². The summed E-state index contributed by atoms with van der Waals surface area (Å²) in [5, 5.41) is 0. The molecule has 2 heterocycles. The average molecular weight is 337 g/mol. The van der Waals surface area contributed by atoms with Crippen LogP contribution in [0.25, 0.3) is 22.4 Å². The van der Waals surface area contributed by atoms with E-state index in [-0.39, 0.29) is 0 Å². The summed E-state index contributed by atoms with van der Waals surface area (Å²) in [6, 6.07) is 11.9. The van der Waals surface area contributed by atoms with E-state index in [1.807, 2.05) is 30.3 Å². The number of hydrogen-bond acceptors (Lipinski definition) is 4. The molecule has 0 aliphatic carbocycles. The van der Waals surface area contributed by atoms with E-state index in [4.69, 9.17) is 20.2 Å². The largest absolute Gasteiger partial charge is 0.486 e. The third-order valence-electron chi connectivity index (χ3n) is 4.51. The predicted octanol–water partition coefficient (Wildman–Crippen LogP) is 4.10. The zero-order chi connectivity index (χ0) is 17.4. The summed E-state index contributed by atoms with van der Waals surface area (Å²) in [4.78, 5) is 4.89. The minimum Gasteiger partial charge on any atom is -0.486 e. The van der Waals surface area contributed by atoms with E-state index in [2.05, 4.69) is 24.5 Å². The number of benzene rings is 2. The third kappa shape index (κ3) is 3.02. The quantitative estimate of drug-likeness (QED) is 0.728. The molecule has 1 aromatic heterocycles. The van der Waals surface area contributed by atoms with Crippen molar-refractivity contribution in [1.82, 2.24) is 9.55 Å². The van der Waals surface area contributed by atoms with E-state index >= 15 is 0 Å². The number of nitrogen functional groups attached to an aromatic ring is 1. The fourth-order valence-electron chi connectivity index (χ4n) is 3.13. The lowest BCUT2D eigenvalue weighted by atomic mass is 10.1. The first-order valence-electron chi connectivity index (χ1n) is 8.77. The Morgan fingerprint density at radius 1 is 1.08 bits per heavy atom. The van der Waals surface area contributed by atoms with E-state index < -0.39 is 0 Å². The zero-order valence-electron chi connectivity index (χ0n) is 14.7. The van der Waals surface area contributed by atoms with Crippen molar-refractivity contribution in [3.8, 4) is 22.9 Å². The normalized spacial score (nSPS) is 13.6. The first-order valence-corrected chi connectivity index (χ1v) is 8.77. The highest BCUT2D eigenvalue weighted by atomic mass is 16.6. The number of aryl methyl sites for hydroxylation is 1. The van der Waals surface area contributed by atoms with E-state index in [1.165, 1.54) is 0 Å². The predicted molar refractivity (Wildman–Crippen MR) is 100 cm³/mol. The Bertz CT molecular complexity index is 897. The van der Waals surface area contributed by atoms with Crippen molar-refractivity contribution in [2.45, 2.75) is 26.8 Å². The Kier molecular flexibility index (Phi) is 3.99. The van der Waals surface area contributed by atoms with Gasteiger partial charge in [-0.1, -0.05) is 13.8 Å². The highest BCUT2D eigenvalue weighted by Gasteiger charge is 2.19. The van der Waals surface area contributed by atoms with Crippen LogP contribution in [-0.2, 0) is 6.54 Å². The fourth-order valence-corrected chi connectivity index (χ4v) is 3.13. The number of aromatic nitrogens is 2. The third-order valence-corrected chi connectivity index (χ3v) is 4.51. The van der Waals surface area contributed by atoms with Crippen molar-refractivity contribution in [1.29, 1.82) is 0 Å².